The van der Waals surface area contributed by atoms with Crippen LogP contribution < -0.4 is 16.0 Å². The number of carbonyl (C=O) groups is 2. The summed E-state index contributed by atoms with van der Waals surface area (Å²) in [4.78, 5) is 23.2. The second kappa shape index (κ2) is 7.82. The van der Waals surface area contributed by atoms with Gasteiger partial charge < -0.3 is 16.0 Å². The lowest BCUT2D eigenvalue weighted by Crippen LogP contribution is -2.43. The molecule has 0 aliphatic heterocycles. The monoisotopic (exact) mass is 303 g/mol. The minimum Gasteiger partial charge on any atom is -0.335 e. The zero-order valence-electron chi connectivity index (χ0n) is 13.3. The predicted molar refractivity (Wildman–Crippen MR) is 87.7 cm³/mol. The van der Waals surface area contributed by atoms with Crippen molar-refractivity contribution < 1.29 is 9.59 Å². The molecule has 0 unspecified atom stereocenters. The number of nitrogens with one attached hydrogen (secondary N) is 3. The number of amides is 3. The van der Waals surface area contributed by atoms with Gasteiger partial charge in [0.25, 0.3) is 0 Å². The first-order valence-corrected chi connectivity index (χ1v) is 7.99. The molecule has 1 aromatic rings. The van der Waals surface area contributed by atoms with Crippen molar-refractivity contribution in [2.45, 2.75) is 58.0 Å². The average molecular weight is 303 g/mol. The SMILES string of the molecule is CC(=O)Nc1cccc([C@@H](C)NC(=O)NC2CCCCC2)c1. The van der Waals surface area contributed by atoms with E-state index < -0.39 is 0 Å². The van der Waals surface area contributed by atoms with Crippen LogP contribution in [0.25, 0.3) is 0 Å². The fourth-order valence-electron chi connectivity index (χ4n) is 2.84. The number of urea groups is 1. The zero-order valence-corrected chi connectivity index (χ0v) is 13.3. The fourth-order valence-corrected chi connectivity index (χ4v) is 2.84. The van der Waals surface area contributed by atoms with Crippen molar-refractivity contribution in [3.05, 3.63) is 29.8 Å². The predicted octanol–water partition coefficient (Wildman–Crippen LogP) is 3.34. The third-order valence-corrected chi connectivity index (χ3v) is 3.99. The van der Waals surface area contributed by atoms with Gasteiger partial charge in [-0.25, -0.2) is 4.79 Å². The molecule has 1 fully saturated rings. The molecular weight excluding hydrogens is 278 g/mol. The van der Waals surface area contributed by atoms with Crippen LogP contribution in [0.1, 0.15) is 57.6 Å². The molecule has 0 bridgehead atoms. The van der Waals surface area contributed by atoms with Crippen molar-refractivity contribution in [1.29, 1.82) is 0 Å². The highest BCUT2D eigenvalue weighted by molar-refractivity contribution is 5.88. The maximum atomic E-state index is 12.1. The van der Waals surface area contributed by atoms with Crippen molar-refractivity contribution in [3.8, 4) is 0 Å². The molecule has 5 heteroatoms. The van der Waals surface area contributed by atoms with E-state index in [1.807, 2.05) is 31.2 Å². The molecule has 0 spiro atoms. The van der Waals surface area contributed by atoms with Gasteiger partial charge in [-0.15, -0.1) is 0 Å². The van der Waals surface area contributed by atoms with Crippen molar-refractivity contribution in [2.75, 3.05) is 5.32 Å². The summed E-state index contributed by atoms with van der Waals surface area (Å²) >= 11 is 0. The van der Waals surface area contributed by atoms with Crippen LogP contribution in [-0.4, -0.2) is 18.0 Å². The molecule has 5 nitrogen and oxygen atoms in total. The number of benzene rings is 1. The molecule has 0 saturated heterocycles. The molecule has 1 saturated carbocycles. The van der Waals surface area contributed by atoms with Gasteiger partial charge in [-0.05, 0) is 37.5 Å². The van der Waals surface area contributed by atoms with Gasteiger partial charge >= 0.3 is 6.03 Å². The Morgan fingerprint density at radius 2 is 1.91 bits per heavy atom. The molecule has 3 amide bonds. The van der Waals surface area contributed by atoms with Gasteiger partial charge in [-0.2, -0.15) is 0 Å². The standard InChI is InChI=1S/C17H25N3O2/c1-12(14-7-6-10-16(11-14)19-13(2)21)18-17(22)20-15-8-4-3-5-9-15/h6-7,10-12,15H,3-5,8-9H2,1-2H3,(H,19,21)(H2,18,20,22)/t12-/m1/s1. The summed E-state index contributed by atoms with van der Waals surface area (Å²) in [6.07, 6.45) is 5.80. The molecule has 0 aromatic heterocycles. The van der Waals surface area contributed by atoms with Crippen LogP contribution in [0.15, 0.2) is 24.3 Å². The Balaban J connectivity index is 1.89. The van der Waals surface area contributed by atoms with Crippen molar-refractivity contribution in [1.82, 2.24) is 10.6 Å². The average Bonchev–Trinajstić information content (AvgIpc) is 2.47. The normalized spacial score (nSPS) is 16.6. The van der Waals surface area contributed by atoms with E-state index in [4.69, 9.17) is 0 Å². The van der Waals surface area contributed by atoms with Crippen molar-refractivity contribution in [3.63, 3.8) is 0 Å². The Labute approximate surface area is 131 Å². The first-order valence-electron chi connectivity index (χ1n) is 7.99. The molecule has 0 radical (unpaired) electrons. The molecule has 1 atom stereocenters. The fraction of sp³-hybridized carbons (Fsp3) is 0.529. The molecular formula is C17H25N3O2. The Hall–Kier alpha value is -2.04. The highest BCUT2D eigenvalue weighted by atomic mass is 16.2. The summed E-state index contributed by atoms with van der Waals surface area (Å²) in [7, 11) is 0. The van der Waals surface area contributed by atoms with Gasteiger partial charge in [-0.3, -0.25) is 4.79 Å². The third-order valence-electron chi connectivity index (χ3n) is 3.99. The number of carbonyl (C=O) groups excluding carboxylic acids is 2. The van der Waals surface area contributed by atoms with Gasteiger partial charge in [0, 0.05) is 18.7 Å². The molecule has 1 aliphatic rings. The van der Waals surface area contributed by atoms with Crippen LogP contribution >= 0.6 is 0 Å². The highest BCUT2D eigenvalue weighted by Gasteiger charge is 2.17. The molecule has 3 N–H and O–H groups in total. The van der Waals surface area contributed by atoms with E-state index in [9.17, 15) is 9.59 Å². The molecule has 120 valence electrons. The summed E-state index contributed by atoms with van der Waals surface area (Å²) in [5.74, 6) is -0.104. The summed E-state index contributed by atoms with van der Waals surface area (Å²) < 4.78 is 0. The van der Waals surface area contributed by atoms with Crippen LogP contribution in [-0.2, 0) is 4.79 Å². The smallest absolute Gasteiger partial charge is 0.315 e. The van der Waals surface area contributed by atoms with Crippen LogP contribution in [0, 0.1) is 0 Å². The summed E-state index contributed by atoms with van der Waals surface area (Å²) in [6, 6.07) is 7.59. The second-order valence-corrected chi connectivity index (χ2v) is 5.98. The highest BCUT2D eigenvalue weighted by Crippen LogP contribution is 2.19. The van der Waals surface area contributed by atoms with Crippen molar-refractivity contribution >= 4 is 17.6 Å². The van der Waals surface area contributed by atoms with Crippen LogP contribution in [0.2, 0.25) is 0 Å². The topological polar surface area (TPSA) is 70.2 Å². The van der Waals surface area contributed by atoms with E-state index in [1.54, 1.807) is 0 Å². The largest absolute Gasteiger partial charge is 0.335 e. The van der Waals surface area contributed by atoms with E-state index in [0.717, 1.165) is 24.1 Å². The Bertz CT molecular complexity index is 524. The number of anilines is 1. The summed E-state index contributed by atoms with van der Waals surface area (Å²) in [5.41, 5.74) is 1.70. The summed E-state index contributed by atoms with van der Waals surface area (Å²) in [5, 5.41) is 8.76. The lowest BCUT2D eigenvalue weighted by Gasteiger charge is -2.24. The van der Waals surface area contributed by atoms with Gasteiger partial charge in [0.2, 0.25) is 5.91 Å². The van der Waals surface area contributed by atoms with E-state index in [0.29, 0.717) is 6.04 Å². The maximum Gasteiger partial charge on any atom is 0.315 e. The van der Waals surface area contributed by atoms with Gasteiger partial charge in [0.1, 0.15) is 0 Å². The lowest BCUT2D eigenvalue weighted by atomic mass is 9.96. The quantitative estimate of drug-likeness (QED) is 0.798. The molecule has 0 heterocycles. The molecule has 22 heavy (non-hydrogen) atoms. The first kappa shape index (κ1) is 16.3. The maximum absolute atomic E-state index is 12.1. The van der Waals surface area contributed by atoms with Gasteiger partial charge in [0.05, 0.1) is 6.04 Å². The number of hydrogen-bond donors (Lipinski definition) is 3. The van der Waals surface area contributed by atoms with E-state index in [-0.39, 0.29) is 18.0 Å². The van der Waals surface area contributed by atoms with E-state index in [1.165, 1.54) is 26.2 Å². The Kier molecular flexibility index (Phi) is 5.81. The van der Waals surface area contributed by atoms with Gasteiger partial charge in [0.15, 0.2) is 0 Å². The van der Waals surface area contributed by atoms with E-state index >= 15 is 0 Å². The number of rotatable bonds is 4. The minimum absolute atomic E-state index is 0.104. The van der Waals surface area contributed by atoms with Crippen molar-refractivity contribution in [2.24, 2.45) is 0 Å². The van der Waals surface area contributed by atoms with Crippen LogP contribution in [0.4, 0.5) is 10.5 Å². The second-order valence-electron chi connectivity index (χ2n) is 5.98. The van der Waals surface area contributed by atoms with Gasteiger partial charge in [-0.1, -0.05) is 31.4 Å². The summed E-state index contributed by atoms with van der Waals surface area (Å²) in [6.45, 7) is 3.42. The third kappa shape index (κ3) is 5.06. The zero-order chi connectivity index (χ0) is 15.9. The molecule has 2 rings (SSSR count). The van der Waals surface area contributed by atoms with E-state index in [2.05, 4.69) is 16.0 Å². The first-order chi connectivity index (χ1) is 10.5. The van der Waals surface area contributed by atoms with Crippen LogP contribution in [0.5, 0.6) is 0 Å². The number of hydrogen-bond acceptors (Lipinski definition) is 2. The lowest BCUT2D eigenvalue weighted by molar-refractivity contribution is -0.114. The Morgan fingerprint density at radius 1 is 1.18 bits per heavy atom. The Morgan fingerprint density at radius 3 is 2.59 bits per heavy atom. The van der Waals surface area contributed by atoms with Crippen LogP contribution in [0.3, 0.4) is 0 Å². The minimum atomic E-state index is -0.121. The molecule has 1 aromatic carbocycles. The molecule has 1 aliphatic carbocycles.